The van der Waals surface area contributed by atoms with Crippen molar-refractivity contribution >= 4 is 23.5 Å². The van der Waals surface area contributed by atoms with Gasteiger partial charge in [-0.1, -0.05) is 20.3 Å². The average Bonchev–Trinajstić information content (AvgIpc) is 2.71. The van der Waals surface area contributed by atoms with E-state index >= 15 is 0 Å². The highest BCUT2D eigenvalue weighted by Crippen LogP contribution is 2.40. The van der Waals surface area contributed by atoms with E-state index in [1.807, 2.05) is 0 Å². The lowest BCUT2D eigenvalue weighted by molar-refractivity contribution is -0.122. The van der Waals surface area contributed by atoms with Gasteiger partial charge in [0.25, 0.3) is 0 Å². The van der Waals surface area contributed by atoms with E-state index in [0.717, 1.165) is 23.8 Å². The Bertz CT molecular complexity index is 615. The Labute approximate surface area is 128 Å². The summed E-state index contributed by atoms with van der Waals surface area (Å²) in [5.41, 5.74) is -0.0165. The topological polar surface area (TPSA) is 94.9 Å². The molecule has 1 aromatic carbocycles. The molecule has 2 N–H and O–H groups in total. The van der Waals surface area contributed by atoms with Crippen molar-refractivity contribution in [2.45, 2.75) is 33.1 Å². The van der Waals surface area contributed by atoms with Gasteiger partial charge >= 0.3 is 5.97 Å². The van der Waals surface area contributed by atoms with Crippen LogP contribution >= 0.6 is 0 Å². The molecule has 1 aromatic rings. The number of carboxylic acid groups (broad SMARTS) is 1. The predicted octanol–water partition coefficient (Wildman–Crippen LogP) is 2.41. The fraction of sp³-hybridized carbons (Fsp3) is 0.438. The molecule has 1 aliphatic heterocycles. The summed E-state index contributed by atoms with van der Waals surface area (Å²) < 4.78 is 0. The number of aromatic carboxylic acids is 1. The van der Waals surface area contributed by atoms with Gasteiger partial charge in [0, 0.05) is 6.07 Å². The smallest absolute Gasteiger partial charge is 0.339 e. The van der Waals surface area contributed by atoms with Crippen LogP contribution in [0.15, 0.2) is 18.2 Å². The SMILES string of the molecule is C.O=C(O)c1ccc(N2C(=O)C3CCCCC3C2=O)cc1O. The number of phenols is 1. The molecule has 0 spiro atoms. The number of amides is 2. The van der Waals surface area contributed by atoms with Gasteiger partial charge < -0.3 is 10.2 Å². The van der Waals surface area contributed by atoms with Crippen molar-refractivity contribution in [3.8, 4) is 5.75 Å². The van der Waals surface area contributed by atoms with E-state index in [1.165, 1.54) is 12.1 Å². The molecule has 0 aromatic heterocycles. The van der Waals surface area contributed by atoms with Gasteiger partial charge in [-0.3, -0.25) is 9.59 Å². The molecule has 2 amide bonds. The van der Waals surface area contributed by atoms with Gasteiger partial charge in [0.15, 0.2) is 0 Å². The van der Waals surface area contributed by atoms with Crippen molar-refractivity contribution in [3.05, 3.63) is 23.8 Å². The summed E-state index contributed by atoms with van der Waals surface area (Å²) in [7, 11) is 0. The summed E-state index contributed by atoms with van der Waals surface area (Å²) in [5.74, 6) is -2.73. The van der Waals surface area contributed by atoms with Crippen molar-refractivity contribution in [1.29, 1.82) is 0 Å². The zero-order valence-corrected chi connectivity index (χ0v) is 11.3. The molecule has 22 heavy (non-hydrogen) atoms. The summed E-state index contributed by atoms with van der Waals surface area (Å²) in [4.78, 5) is 36.7. The molecule has 1 saturated carbocycles. The van der Waals surface area contributed by atoms with Gasteiger partial charge in [-0.25, -0.2) is 9.69 Å². The van der Waals surface area contributed by atoms with Crippen LogP contribution in [-0.2, 0) is 9.59 Å². The molecular weight excluding hydrogens is 286 g/mol. The molecule has 6 heteroatoms. The highest BCUT2D eigenvalue weighted by Gasteiger charge is 2.48. The second-order valence-corrected chi connectivity index (χ2v) is 5.52. The predicted molar refractivity (Wildman–Crippen MR) is 79.7 cm³/mol. The van der Waals surface area contributed by atoms with Crippen molar-refractivity contribution in [2.75, 3.05) is 4.90 Å². The van der Waals surface area contributed by atoms with Gasteiger partial charge in [-0.2, -0.15) is 0 Å². The van der Waals surface area contributed by atoms with Gasteiger partial charge in [-0.05, 0) is 25.0 Å². The molecule has 1 heterocycles. The summed E-state index contributed by atoms with van der Waals surface area (Å²) in [6.07, 6.45) is 3.31. The Morgan fingerprint density at radius 1 is 1.09 bits per heavy atom. The summed E-state index contributed by atoms with van der Waals surface area (Å²) in [5, 5.41) is 18.6. The first kappa shape index (κ1) is 16.0. The number of nitrogens with zero attached hydrogens (tertiary/aromatic N) is 1. The van der Waals surface area contributed by atoms with E-state index in [0.29, 0.717) is 12.8 Å². The van der Waals surface area contributed by atoms with Crippen LogP contribution in [0.2, 0.25) is 0 Å². The molecule has 6 nitrogen and oxygen atoms in total. The minimum Gasteiger partial charge on any atom is -0.507 e. The van der Waals surface area contributed by atoms with Gasteiger partial charge in [0.1, 0.15) is 11.3 Å². The molecule has 118 valence electrons. The third-order valence-electron chi connectivity index (χ3n) is 4.31. The Balaban J connectivity index is 0.00000176. The van der Waals surface area contributed by atoms with E-state index in [-0.39, 0.29) is 42.3 Å². The maximum Gasteiger partial charge on any atom is 0.339 e. The molecule has 0 radical (unpaired) electrons. The number of rotatable bonds is 2. The van der Waals surface area contributed by atoms with Crippen molar-refractivity contribution in [2.24, 2.45) is 11.8 Å². The Kier molecular flexibility index (Phi) is 4.21. The van der Waals surface area contributed by atoms with Gasteiger partial charge in [0.2, 0.25) is 11.8 Å². The Morgan fingerprint density at radius 2 is 1.64 bits per heavy atom. The third-order valence-corrected chi connectivity index (χ3v) is 4.31. The first-order valence-electron chi connectivity index (χ1n) is 6.95. The number of aromatic hydroxyl groups is 1. The quantitative estimate of drug-likeness (QED) is 0.818. The van der Waals surface area contributed by atoms with E-state index in [4.69, 9.17) is 5.11 Å². The van der Waals surface area contributed by atoms with Crippen LogP contribution in [0.3, 0.4) is 0 Å². The molecule has 0 bridgehead atoms. The van der Waals surface area contributed by atoms with Crippen molar-refractivity contribution in [1.82, 2.24) is 0 Å². The largest absolute Gasteiger partial charge is 0.507 e. The molecular formula is C16H19NO5. The number of hydrogen-bond acceptors (Lipinski definition) is 4. The lowest BCUT2D eigenvalue weighted by atomic mass is 9.81. The number of benzene rings is 1. The zero-order chi connectivity index (χ0) is 15.1. The van der Waals surface area contributed by atoms with E-state index < -0.39 is 11.7 Å². The van der Waals surface area contributed by atoms with Crippen LogP contribution in [0.5, 0.6) is 5.75 Å². The first-order valence-corrected chi connectivity index (χ1v) is 6.95. The maximum atomic E-state index is 12.4. The van der Waals surface area contributed by atoms with Crippen LogP contribution in [0.4, 0.5) is 5.69 Å². The monoisotopic (exact) mass is 305 g/mol. The van der Waals surface area contributed by atoms with E-state index in [9.17, 15) is 19.5 Å². The Morgan fingerprint density at radius 3 is 2.09 bits per heavy atom. The zero-order valence-electron chi connectivity index (χ0n) is 11.3. The minimum atomic E-state index is -1.26. The lowest BCUT2D eigenvalue weighted by Gasteiger charge is -2.19. The molecule has 3 rings (SSSR count). The second-order valence-electron chi connectivity index (χ2n) is 5.52. The lowest BCUT2D eigenvalue weighted by Crippen LogP contribution is -2.30. The standard InChI is InChI=1S/C15H15NO5.CH4/c17-12-7-8(5-6-11(12)15(20)21)16-13(18)9-3-1-2-4-10(9)14(16)19;/h5-7,9-10,17H,1-4H2,(H,20,21);1H4. The minimum absolute atomic E-state index is 0. The number of carbonyl (C=O) groups excluding carboxylic acids is 2. The number of imide groups is 1. The number of carbonyl (C=O) groups is 3. The number of carboxylic acids is 1. The number of anilines is 1. The van der Waals surface area contributed by atoms with Gasteiger partial charge in [-0.15, -0.1) is 0 Å². The maximum absolute atomic E-state index is 12.4. The Hall–Kier alpha value is -2.37. The number of fused-ring (bicyclic) bond motifs is 1. The fourth-order valence-corrected chi connectivity index (χ4v) is 3.26. The number of hydrogen-bond donors (Lipinski definition) is 2. The van der Waals surface area contributed by atoms with Crippen LogP contribution in [0.25, 0.3) is 0 Å². The highest BCUT2D eigenvalue weighted by atomic mass is 16.4. The van der Waals surface area contributed by atoms with Crippen molar-refractivity contribution in [3.63, 3.8) is 0 Å². The summed E-state index contributed by atoms with van der Waals surface area (Å²) in [6, 6.07) is 3.75. The molecule has 1 saturated heterocycles. The van der Waals surface area contributed by atoms with Gasteiger partial charge in [0.05, 0.1) is 17.5 Å². The average molecular weight is 305 g/mol. The highest BCUT2D eigenvalue weighted by molar-refractivity contribution is 6.22. The van der Waals surface area contributed by atoms with E-state index in [2.05, 4.69) is 0 Å². The molecule has 2 fully saturated rings. The van der Waals surface area contributed by atoms with Crippen LogP contribution in [0.1, 0.15) is 43.5 Å². The molecule has 2 aliphatic rings. The summed E-state index contributed by atoms with van der Waals surface area (Å²) in [6.45, 7) is 0. The molecule has 2 atom stereocenters. The molecule has 2 unspecified atom stereocenters. The normalized spacial score (nSPS) is 23.9. The van der Waals surface area contributed by atoms with Crippen LogP contribution < -0.4 is 4.90 Å². The first-order chi connectivity index (χ1) is 10.0. The van der Waals surface area contributed by atoms with Crippen LogP contribution in [0, 0.1) is 11.8 Å². The third kappa shape index (κ3) is 2.34. The second kappa shape index (κ2) is 5.79. The van der Waals surface area contributed by atoms with Crippen molar-refractivity contribution < 1.29 is 24.6 Å². The summed E-state index contributed by atoms with van der Waals surface area (Å²) >= 11 is 0. The fourth-order valence-electron chi connectivity index (χ4n) is 3.26. The van der Waals surface area contributed by atoms with Crippen LogP contribution in [-0.4, -0.2) is 28.0 Å². The molecule has 1 aliphatic carbocycles. The van der Waals surface area contributed by atoms with E-state index in [1.54, 1.807) is 0 Å².